The van der Waals surface area contributed by atoms with Gasteiger partial charge < -0.3 is 15.0 Å². The summed E-state index contributed by atoms with van der Waals surface area (Å²) in [5, 5.41) is 3.23. The Balaban J connectivity index is 1.52. The van der Waals surface area contributed by atoms with Gasteiger partial charge in [0.1, 0.15) is 12.4 Å². The first-order valence-electron chi connectivity index (χ1n) is 12.0. The molecule has 2 amide bonds. The van der Waals surface area contributed by atoms with Crippen LogP contribution in [-0.2, 0) is 11.3 Å². The Bertz CT molecular complexity index is 936. The minimum absolute atomic E-state index is 0.0425. The summed E-state index contributed by atoms with van der Waals surface area (Å²) in [5.74, 6) is 0.912. The van der Waals surface area contributed by atoms with Gasteiger partial charge in [0.05, 0.1) is 5.56 Å². The molecule has 0 spiro atoms. The number of para-hydroxylation sites is 1. The molecular weight excluding hydrogens is 416 g/mol. The minimum Gasteiger partial charge on any atom is -0.491 e. The molecule has 1 N–H and O–H groups in total. The first kappa shape index (κ1) is 23.2. The number of aromatic nitrogens is 1. The average Bonchev–Trinajstić information content (AvgIpc) is 2.82. The number of hydrogen-bond donors (Lipinski definition) is 1. The van der Waals surface area contributed by atoms with E-state index < -0.39 is 0 Å². The quantitative estimate of drug-likeness (QED) is 0.761. The van der Waals surface area contributed by atoms with Gasteiger partial charge in [-0.25, -0.2) is 0 Å². The first-order valence-corrected chi connectivity index (χ1v) is 12.0. The molecule has 2 aliphatic rings. The van der Waals surface area contributed by atoms with Crippen LogP contribution in [0.2, 0.25) is 0 Å². The van der Waals surface area contributed by atoms with Crippen LogP contribution in [0.3, 0.4) is 0 Å². The number of rotatable bonds is 2. The van der Waals surface area contributed by atoms with Crippen LogP contribution < -0.4 is 10.1 Å². The van der Waals surface area contributed by atoms with E-state index in [1.165, 1.54) is 5.56 Å². The molecule has 7 heteroatoms. The summed E-state index contributed by atoms with van der Waals surface area (Å²) < 4.78 is 6.09. The van der Waals surface area contributed by atoms with Crippen molar-refractivity contribution in [2.75, 3.05) is 32.8 Å². The second-order valence-corrected chi connectivity index (χ2v) is 9.07. The van der Waals surface area contributed by atoms with Crippen molar-refractivity contribution in [1.29, 1.82) is 0 Å². The monoisotopic (exact) mass is 450 g/mol. The third-order valence-corrected chi connectivity index (χ3v) is 6.77. The summed E-state index contributed by atoms with van der Waals surface area (Å²) in [5.41, 5.74) is 1.79. The lowest BCUT2D eigenvalue weighted by atomic mass is 9.86. The van der Waals surface area contributed by atoms with Gasteiger partial charge in [-0.2, -0.15) is 0 Å². The van der Waals surface area contributed by atoms with E-state index in [0.717, 1.165) is 51.9 Å². The predicted molar refractivity (Wildman–Crippen MR) is 127 cm³/mol. The summed E-state index contributed by atoms with van der Waals surface area (Å²) in [6.45, 7) is 6.09. The molecular formula is C26H34N4O3. The van der Waals surface area contributed by atoms with E-state index >= 15 is 0 Å². The van der Waals surface area contributed by atoms with E-state index in [1.54, 1.807) is 6.92 Å². The molecule has 0 radical (unpaired) electrons. The zero-order chi connectivity index (χ0) is 23.0. The Morgan fingerprint density at radius 3 is 2.73 bits per heavy atom. The van der Waals surface area contributed by atoms with Crippen LogP contribution in [0.15, 0.2) is 48.8 Å². The molecule has 2 aliphatic heterocycles. The predicted octanol–water partition coefficient (Wildman–Crippen LogP) is 3.11. The van der Waals surface area contributed by atoms with Gasteiger partial charge in [0.25, 0.3) is 5.91 Å². The van der Waals surface area contributed by atoms with Crippen LogP contribution in [0, 0.1) is 5.92 Å². The lowest BCUT2D eigenvalue weighted by Gasteiger charge is -2.39. The summed E-state index contributed by atoms with van der Waals surface area (Å²) in [7, 11) is 0. The topological polar surface area (TPSA) is 74.8 Å². The summed E-state index contributed by atoms with van der Waals surface area (Å²) in [6.07, 6.45) is 7.83. The summed E-state index contributed by atoms with van der Waals surface area (Å²) in [6, 6.07) is 11.5. The highest BCUT2D eigenvalue weighted by Crippen LogP contribution is 2.26. The number of benzene rings is 1. The Labute approximate surface area is 196 Å². The number of nitrogens with one attached hydrogen (secondary N) is 1. The number of amides is 2. The fourth-order valence-electron chi connectivity index (χ4n) is 4.86. The van der Waals surface area contributed by atoms with Crippen molar-refractivity contribution in [3.63, 3.8) is 0 Å². The minimum atomic E-state index is -0.128. The van der Waals surface area contributed by atoms with E-state index in [9.17, 15) is 9.59 Å². The third-order valence-electron chi connectivity index (χ3n) is 6.77. The number of nitrogens with zero attached hydrogens (tertiary/aromatic N) is 3. The van der Waals surface area contributed by atoms with E-state index in [1.807, 2.05) is 41.6 Å². The van der Waals surface area contributed by atoms with Crippen molar-refractivity contribution < 1.29 is 14.3 Å². The molecule has 0 bridgehead atoms. The molecule has 2 atom stereocenters. The molecule has 7 nitrogen and oxygen atoms in total. The SMILES string of the molecule is CC(=O)N1CC[C@H]2CCCCN(Cc3ccncc3)CCOc3ccccc3C(=O)N[C@H]2C1. The van der Waals surface area contributed by atoms with Crippen LogP contribution >= 0.6 is 0 Å². The Hall–Kier alpha value is -2.93. The average molecular weight is 451 g/mol. The molecule has 176 valence electrons. The van der Waals surface area contributed by atoms with Crippen LogP contribution in [0.5, 0.6) is 5.75 Å². The molecule has 1 fully saturated rings. The molecule has 1 aromatic heterocycles. The number of ether oxygens (including phenoxy) is 1. The van der Waals surface area contributed by atoms with E-state index in [4.69, 9.17) is 4.74 Å². The number of carbonyl (C=O) groups excluding carboxylic acids is 2. The molecule has 1 saturated heterocycles. The first-order chi connectivity index (χ1) is 16.1. The third kappa shape index (κ3) is 6.32. The highest BCUT2D eigenvalue weighted by atomic mass is 16.5. The summed E-state index contributed by atoms with van der Waals surface area (Å²) >= 11 is 0. The fraction of sp³-hybridized carbons (Fsp3) is 0.500. The lowest BCUT2D eigenvalue weighted by molar-refractivity contribution is -0.130. The number of hydrogen-bond acceptors (Lipinski definition) is 5. The maximum atomic E-state index is 13.2. The van der Waals surface area contributed by atoms with Crippen molar-refractivity contribution in [2.45, 2.75) is 45.2 Å². The number of likely N-dealkylation sites (tertiary alicyclic amines) is 1. The largest absolute Gasteiger partial charge is 0.491 e. The van der Waals surface area contributed by atoms with Crippen LogP contribution in [-0.4, -0.2) is 65.4 Å². The zero-order valence-electron chi connectivity index (χ0n) is 19.4. The maximum absolute atomic E-state index is 13.2. The van der Waals surface area contributed by atoms with Gasteiger partial charge in [-0.15, -0.1) is 0 Å². The van der Waals surface area contributed by atoms with Gasteiger partial charge in [-0.05, 0) is 61.6 Å². The molecule has 4 rings (SSSR count). The molecule has 1 aromatic carbocycles. The molecule has 2 aromatic rings. The molecule has 0 saturated carbocycles. The number of carbonyl (C=O) groups is 2. The molecule has 33 heavy (non-hydrogen) atoms. The van der Waals surface area contributed by atoms with Crippen LogP contribution in [0.4, 0.5) is 0 Å². The van der Waals surface area contributed by atoms with Crippen molar-refractivity contribution in [1.82, 2.24) is 20.1 Å². The maximum Gasteiger partial charge on any atom is 0.255 e. The van der Waals surface area contributed by atoms with Gasteiger partial charge in [0.2, 0.25) is 5.91 Å². The number of pyridine rings is 1. The van der Waals surface area contributed by atoms with E-state index in [-0.39, 0.29) is 17.9 Å². The zero-order valence-corrected chi connectivity index (χ0v) is 19.4. The second kappa shape index (κ2) is 11.3. The Kier molecular flexibility index (Phi) is 7.94. The van der Waals surface area contributed by atoms with Gasteiger partial charge >= 0.3 is 0 Å². The highest BCUT2D eigenvalue weighted by Gasteiger charge is 2.32. The number of piperidine rings is 1. The van der Waals surface area contributed by atoms with E-state index in [2.05, 4.69) is 27.3 Å². The Morgan fingerprint density at radius 2 is 1.91 bits per heavy atom. The van der Waals surface area contributed by atoms with E-state index in [0.29, 0.717) is 30.4 Å². The normalized spacial score (nSPS) is 22.8. The van der Waals surface area contributed by atoms with Gasteiger partial charge in [0.15, 0.2) is 0 Å². The smallest absolute Gasteiger partial charge is 0.255 e. The van der Waals surface area contributed by atoms with Crippen molar-refractivity contribution in [3.05, 3.63) is 59.9 Å². The standard InChI is InChI=1S/C26H34N4O3/c1-20(31)30-15-11-22-6-4-5-14-29(18-21-9-12-27-13-10-21)16-17-33-25-8-3-2-7-23(25)26(32)28-24(22)19-30/h2-3,7-10,12-13,22,24H,4-6,11,14-19H2,1H3,(H,28,32)/t22-,24+/m1/s1. The molecule has 0 aliphatic carbocycles. The molecule has 0 unspecified atom stereocenters. The lowest BCUT2D eigenvalue weighted by Crippen LogP contribution is -2.53. The molecule has 3 heterocycles. The fourth-order valence-corrected chi connectivity index (χ4v) is 4.86. The van der Waals surface area contributed by atoms with Gasteiger partial charge in [-0.3, -0.25) is 19.5 Å². The van der Waals surface area contributed by atoms with Crippen LogP contribution in [0.25, 0.3) is 0 Å². The van der Waals surface area contributed by atoms with Gasteiger partial charge in [-0.1, -0.05) is 18.6 Å². The number of fused-ring (bicyclic) bond motifs is 2. The van der Waals surface area contributed by atoms with Crippen molar-refractivity contribution >= 4 is 11.8 Å². The Morgan fingerprint density at radius 1 is 1.09 bits per heavy atom. The van der Waals surface area contributed by atoms with Crippen LogP contribution in [0.1, 0.15) is 48.5 Å². The van der Waals surface area contributed by atoms with Crippen molar-refractivity contribution in [3.8, 4) is 5.75 Å². The highest BCUT2D eigenvalue weighted by molar-refractivity contribution is 5.97. The van der Waals surface area contributed by atoms with Crippen molar-refractivity contribution in [2.24, 2.45) is 5.92 Å². The van der Waals surface area contributed by atoms with Gasteiger partial charge in [0, 0.05) is 51.5 Å². The summed E-state index contributed by atoms with van der Waals surface area (Å²) in [4.78, 5) is 33.6. The second-order valence-electron chi connectivity index (χ2n) is 9.07.